The number of methoxy groups -OCH3 is 1. The lowest BCUT2D eigenvalue weighted by molar-refractivity contribution is 0.415. The fourth-order valence-corrected chi connectivity index (χ4v) is 4.33. The number of hydrogen-bond donors (Lipinski definition) is 1. The molecule has 3 aromatic heterocycles. The molecule has 0 saturated heterocycles. The van der Waals surface area contributed by atoms with Gasteiger partial charge in [-0.2, -0.15) is 4.52 Å². The van der Waals surface area contributed by atoms with Crippen LogP contribution in [-0.4, -0.2) is 36.7 Å². The van der Waals surface area contributed by atoms with Crippen molar-refractivity contribution in [1.29, 1.82) is 0 Å². The Morgan fingerprint density at radius 2 is 1.97 bits per heavy atom. The first kappa shape index (κ1) is 18.6. The Kier molecular flexibility index (Phi) is 4.63. The zero-order valence-electron chi connectivity index (χ0n) is 16.8. The summed E-state index contributed by atoms with van der Waals surface area (Å²) >= 11 is 1.60. The van der Waals surface area contributed by atoms with E-state index in [1.54, 1.807) is 18.9 Å². The average molecular weight is 417 g/mol. The molecule has 0 aliphatic carbocycles. The third kappa shape index (κ3) is 3.29. The molecule has 1 N–H and O–H groups in total. The van der Waals surface area contributed by atoms with E-state index >= 15 is 0 Å². The van der Waals surface area contributed by atoms with E-state index in [1.165, 1.54) is 0 Å². The number of rotatable bonds is 5. The maximum atomic E-state index is 5.33. The van der Waals surface area contributed by atoms with Gasteiger partial charge in [0.15, 0.2) is 10.8 Å². The number of para-hydroxylation sites is 1. The molecule has 0 aliphatic heterocycles. The molecule has 150 valence electrons. The van der Waals surface area contributed by atoms with Crippen molar-refractivity contribution in [2.24, 2.45) is 0 Å². The van der Waals surface area contributed by atoms with Gasteiger partial charge in [0.25, 0.3) is 0 Å². The molecule has 5 aromatic rings. The van der Waals surface area contributed by atoms with Gasteiger partial charge in [-0.05, 0) is 38.1 Å². The van der Waals surface area contributed by atoms with Crippen LogP contribution in [-0.2, 0) is 0 Å². The number of aromatic nitrogens is 6. The van der Waals surface area contributed by atoms with Crippen LogP contribution in [0.3, 0.4) is 0 Å². The summed E-state index contributed by atoms with van der Waals surface area (Å²) in [6, 6.07) is 15.9. The molecule has 0 saturated carbocycles. The minimum atomic E-state index is 0.0470. The summed E-state index contributed by atoms with van der Waals surface area (Å²) in [7, 11) is 1.67. The van der Waals surface area contributed by atoms with Gasteiger partial charge in [0.1, 0.15) is 17.4 Å². The molecule has 0 radical (unpaired) electrons. The summed E-state index contributed by atoms with van der Waals surface area (Å²) in [5.74, 6) is 2.41. The van der Waals surface area contributed by atoms with Gasteiger partial charge in [0.05, 0.1) is 29.8 Å². The quantitative estimate of drug-likeness (QED) is 0.326. The average Bonchev–Trinajstić information content (AvgIpc) is 3.41. The van der Waals surface area contributed by atoms with Gasteiger partial charge in [-0.15, -0.1) is 5.10 Å². The number of fused-ring (bicyclic) bond motifs is 3. The number of aromatic amines is 1. The van der Waals surface area contributed by atoms with E-state index in [0.29, 0.717) is 0 Å². The van der Waals surface area contributed by atoms with Gasteiger partial charge in [-0.3, -0.25) is 0 Å². The number of aryl methyl sites for hydroxylation is 1. The Morgan fingerprint density at radius 3 is 2.83 bits per heavy atom. The van der Waals surface area contributed by atoms with E-state index in [4.69, 9.17) is 9.72 Å². The van der Waals surface area contributed by atoms with Crippen molar-refractivity contribution in [3.63, 3.8) is 0 Å². The molecule has 1 atom stereocenters. The molecule has 2 aromatic carbocycles. The van der Waals surface area contributed by atoms with Crippen LogP contribution >= 0.6 is 11.8 Å². The first-order chi connectivity index (χ1) is 14.6. The van der Waals surface area contributed by atoms with Crippen LogP contribution in [0.2, 0.25) is 0 Å². The third-order valence-corrected chi connectivity index (χ3v) is 5.95. The first-order valence-electron chi connectivity index (χ1n) is 9.60. The van der Waals surface area contributed by atoms with Crippen molar-refractivity contribution >= 4 is 28.3 Å². The first-order valence-corrected chi connectivity index (χ1v) is 10.5. The normalized spacial score (nSPS) is 12.5. The van der Waals surface area contributed by atoms with Gasteiger partial charge in [-0.25, -0.2) is 15.0 Å². The lowest BCUT2D eigenvalue weighted by Gasteiger charge is -2.10. The smallest absolute Gasteiger partial charge is 0.192 e. The number of imidazole rings is 1. The highest BCUT2D eigenvalue weighted by Gasteiger charge is 2.18. The molecule has 0 fully saturated rings. The molecule has 30 heavy (non-hydrogen) atoms. The molecule has 0 bridgehead atoms. The highest BCUT2D eigenvalue weighted by Crippen LogP contribution is 2.35. The second kappa shape index (κ2) is 7.46. The lowest BCUT2D eigenvalue weighted by atomic mass is 10.1. The van der Waals surface area contributed by atoms with Gasteiger partial charge >= 0.3 is 0 Å². The molecule has 5 rings (SSSR count). The topological polar surface area (TPSA) is 81.0 Å². The van der Waals surface area contributed by atoms with Crippen molar-refractivity contribution in [3.05, 3.63) is 66.4 Å². The fraction of sp³-hybridized carbons (Fsp3) is 0.182. The predicted octanol–water partition coefficient (Wildman–Crippen LogP) is 4.84. The number of ether oxygens (including phenoxy) is 1. The van der Waals surface area contributed by atoms with Crippen LogP contribution in [0.4, 0.5) is 0 Å². The standard InChI is InChI=1S/C22H20N6OS/c1-13(20-23-12-19(25-20)15-7-6-8-16(11-15)29-3)30-22-26-18-10-5-4-9-17(18)21-24-14(2)27-28(21)22/h4-13H,1-3H3,(H,23,25). The van der Waals surface area contributed by atoms with Crippen LogP contribution < -0.4 is 4.74 Å². The number of hydrogen-bond acceptors (Lipinski definition) is 6. The maximum Gasteiger partial charge on any atom is 0.192 e. The van der Waals surface area contributed by atoms with Gasteiger partial charge < -0.3 is 9.72 Å². The fourth-order valence-electron chi connectivity index (χ4n) is 3.40. The zero-order valence-corrected chi connectivity index (χ0v) is 17.6. The second-order valence-corrected chi connectivity index (χ2v) is 8.29. The number of benzene rings is 2. The van der Waals surface area contributed by atoms with Crippen molar-refractivity contribution in [2.45, 2.75) is 24.3 Å². The van der Waals surface area contributed by atoms with Crippen molar-refractivity contribution in [2.75, 3.05) is 7.11 Å². The highest BCUT2D eigenvalue weighted by molar-refractivity contribution is 7.99. The zero-order chi connectivity index (χ0) is 20.7. The summed E-state index contributed by atoms with van der Waals surface area (Å²) in [6.45, 7) is 4.00. The summed E-state index contributed by atoms with van der Waals surface area (Å²) in [6.07, 6.45) is 1.85. The molecule has 7 nitrogen and oxygen atoms in total. The Hall–Kier alpha value is -3.39. The lowest BCUT2D eigenvalue weighted by Crippen LogP contribution is -2.01. The highest BCUT2D eigenvalue weighted by atomic mass is 32.2. The minimum Gasteiger partial charge on any atom is -0.497 e. The monoisotopic (exact) mass is 416 g/mol. The Balaban J connectivity index is 1.49. The van der Waals surface area contributed by atoms with Gasteiger partial charge in [0, 0.05) is 10.9 Å². The van der Waals surface area contributed by atoms with E-state index in [2.05, 4.69) is 27.0 Å². The van der Waals surface area contributed by atoms with Crippen molar-refractivity contribution in [1.82, 2.24) is 29.5 Å². The minimum absolute atomic E-state index is 0.0470. The van der Waals surface area contributed by atoms with Crippen LogP contribution in [0.5, 0.6) is 5.75 Å². The van der Waals surface area contributed by atoms with Crippen LogP contribution in [0.15, 0.2) is 59.9 Å². The van der Waals surface area contributed by atoms with Crippen LogP contribution in [0.1, 0.15) is 23.8 Å². The Labute approximate surface area is 177 Å². The largest absolute Gasteiger partial charge is 0.497 e. The van der Waals surface area contributed by atoms with Crippen molar-refractivity contribution in [3.8, 4) is 17.0 Å². The van der Waals surface area contributed by atoms with E-state index in [1.807, 2.05) is 66.2 Å². The summed E-state index contributed by atoms with van der Waals surface area (Å²) in [4.78, 5) is 17.5. The summed E-state index contributed by atoms with van der Waals surface area (Å²) < 4.78 is 7.15. The van der Waals surface area contributed by atoms with E-state index in [9.17, 15) is 0 Å². The van der Waals surface area contributed by atoms with Crippen molar-refractivity contribution < 1.29 is 4.74 Å². The molecule has 8 heteroatoms. The molecule has 3 heterocycles. The third-order valence-electron chi connectivity index (χ3n) is 4.90. The Bertz CT molecular complexity index is 1360. The molecule has 0 spiro atoms. The molecule has 1 unspecified atom stereocenters. The maximum absolute atomic E-state index is 5.33. The van der Waals surface area contributed by atoms with E-state index in [-0.39, 0.29) is 5.25 Å². The molecular weight excluding hydrogens is 396 g/mol. The van der Waals surface area contributed by atoms with Gasteiger partial charge in [0.2, 0.25) is 0 Å². The van der Waals surface area contributed by atoms with E-state index < -0.39 is 0 Å². The second-order valence-electron chi connectivity index (χ2n) is 6.98. The summed E-state index contributed by atoms with van der Waals surface area (Å²) in [5.41, 5.74) is 3.71. The number of H-pyrrole nitrogens is 1. The SMILES string of the molecule is COc1cccc(-c2cnc(C(C)Sc3nc4ccccc4c4nc(C)nn34)[nH]2)c1. The van der Waals surface area contributed by atoms with Gasteiger partial charge in [-0.1, -0.05) is 36.0 Å². The molecule has 0 amide bonds. The van der Waals surface area contributed by atoms with Crippen LogP contribution in [0, 0.1) is 6.92 Å². The van der Waals surface area contributed by atoms with Crippen LogP contribution in [0.25, 0.3) is 27.8 Å². The molecular formula is C22H20N6OS. The number of nitrogens with one attached hydrogen (secondary N) is 1. The van der Waals surface area contributed by atoms with E-state index in [0.717, 1.165) is 50.4 Å². The predicted molar refractivity (Wildman–Crippen MR) is 118 cm³/mol. The summed E-state index contributed by atoms with van der Waals surface area (Å²) in [5, 5.41) is 6.39. The number of thioether (sulfide) groups is 1. The molecule has 0 aliphatic rings. The Morgan fingerprint density at radius 1 is 1.10 bits per heavy atom. The number of nitrogens with zero attached hydrogens (tertiary/aromatic N) is 5.